The minimum absolute atomic E-state index is 0.194. The minimum atomic E-state index is 0.194. The molecule has 0 spiro atoms. The van der Waals surface area contributed by atoms with Gasteiger partial charge in [0.05, 0.1) is 6.61 Å². The molecule has 0 aliphatic carbocycles. The predicted octanol–water partition coefficient (Wildman–Crippen LogP) is 1.76. The Morgan fingerprint density at radius 3 is 2.33 bits per heavy atom. The highest BCUT2D eigenvalue weighted by atomic mass is 16.3. The summed E-state index contributed by atoms with van der Waals surface area (Å²) >= 11 is 0. The number of aryl methyl sites for hydroxylation is 1. The lowest BCUT2D eigenvalue weighted by atomic mass is 10.1. The maximum atomic E-state index is 8.84. The molecule has 0 aliphatic heterocycles. The standard InChI is InChI=1S/C13H21NO/c1-3-12-4-6-13(7-5-12)8-9-14-11(2)10-15/h4-7,11,14-15H,3,8-10H2,1-2H3. The maximum Gasteiger partial charge on any atom is 0.0581 e. The van der Waals surface area contributed by atoms with Gasteiger partial charge >= 0.3 is 0 Å². The quantitative estimate of drug-likeness (QED) is 0.745. The van der Waals surface area contributed by atoms with Gasteiger partial charge in [0.25, 0.3) is 0 Å². The van der Waals surface area contributed by atoms with E-state index in [2.05, 4.69) is 36.5 Å². The van der Waals surface area contributed by atoms with Gasteiger partial charge in [-0.3, -0.25) is 0 Å². The highest BCUT2D eigenvalue weighted by Crippen LogP contribution is 2.05. The average Bonchev–Trinajstić information content (AvgIpc) is 2.29. The second-order valence-corrected chi connectivity index (χ2v) is 3.96. The van der Waals surface area contributed by atoms with E-state index < -0.39 is 0 Å². The van der Waals surface area contributed by atoms with E-state index in [-0.39, 0.29) is 12.6 Å². The van der Waals surface area contributed by atoms with Crippen LogP contribution in [0.1, 0.15) is 25.0 Å². The molecule has 1 atom stereocenters. The van der Waals surface area contributed by atoms with Crippen LogP contribution in [0.2, 0.25) is 0 Å². The Balaban J connectivity index is 2.31. The van der Waals surface area contributed by atoms with E-state index in [0.717, 1.165) is 19.4 Å². The van der Waals surface area contributed by atoms with E-state index in [1.165, 1.54) is 11.1 Å². The van der Waals surface area contributed by atoms with E-state index in [9.17, 15) is 0 Å². The van der Waals surface area contributed by atoms with Crippen LogP contribution < -0.4 is 5.32 Å². The van der Waals surface area contributed by atoms with Crippen molar-refractivity contribution in [3.63, 3.8) is 0 Å². The molecule has 1 aromatic rings. The molecule has 0 saturated heterocycles. The maximum absolute atomic E-state index is 8.84. The molecule has 2 N–H and O–H groups in total. The van der Waals surface area contributed by atoms with Gasteiger partial charge in [-0.25, -0.2) is 0 Å². The van der Waals surface area contributed by atoms with Gasteiger partial charge in [-0.15, -0.1) is 0 Å². The lowest BCUT2D eigenvalue weighted by molar-refractivity contribution is 0.252. The summed E-state index contributed by atoms with van der Waals surface area (Å²) in [7, 11) is 0. The molecule has 15 heavy (non-hydrogen) atoms. The van der Waals surface area contributed by atoms with Gasteiger partial charge in [0.2, 0.25) is 0 Å². The van der Waals surface area contributed by atoms with Crippen molar-refractivity contribution in [2.45, 2.75) is 32.7 Å². The molecule has 0 fully saturated rings. The summed E-state index contributed by atoms with van der Waals surface area (Å²) in [5.41, 5.74) is 2.74. The van der Waals surface area contributed by atoms with Gasteiger partial charge < -0.3 is 10.4 Å². The van der Waals surface area contributed by atoms with Crippen LogP contribution in [0.3, 0.4) is 0 Å². The number of nitrogens with one attached hydrogen (secondary N) is 1. The Morgan fingerprint density at radius 1 is 1.20 bits per heavy atom. The van der Waals surface area contributed by atoms with Crippen molar-refractivity contribution in [3.05, 3.63) is 35.4 Å². The van der Waals surface area contributed by atoms with Crippen molar-refractivity contribution >= 4 is 0 Å². The molecule has 0 aliphatic rings. The molecular weight excluding hydrogens is 186 g/mol. The summed E-state index contributed by atoms with van der Waals surface area (Å²) in [6, 6.07) is 8.93. The lowest BCUT2D eigenvalue weighted by Crippen LogP contribution is -2.30. The number of benzene rings is 1. The van der Waals surface area contributed by atoms with Gasteiger partial charge in [0.15, 0.2) is 0 Å². The van der Waals surface area contributed by atoms with E-state index in [0.29, 0.717) is 0 Å². The molecule has 1 aromatic carbocycles. The van der Waals surface area contributed by atoms with Crippen molar-refractivity contribution in [1.82, 2.24) is 5.32 Å². The summed E-state index contributed by atoms with van der Waals surface area (Å²) in [5, 5.41) is 12.1. The number of aliphatic hydroxyl groups excluding tert-OH is 1. The molecule has 0 aromatic heterocycles. The average molecular weight is 207 g/mol. The van der Waals surface area contributed by atoms with Crippen LogP contribution in [-0.2, 0) is 12.8 Å². The van der Waals surface area contributed by atoms with Crippen molar-refractivity contribution < 1.29 is 5.11 Å². The summed E-state index contributed by atoms with van der Waals surface area (Å²) in [6.45, 7) is 5.28. The molecule has 2 heteroatoms. The van der Waals surface area contributed by atoms with E-state index in [1.54, 1.807) is 0 Å². The first kappa shape index (κ1) is 12.2. The second-order valence-electron chi connectivity index (χ2n) is 3.96. The summed E-state index contributed by atoms with van der Waals surface area (Å²) in [5.74, 6) is 0. The molecule has 0 bridgehead atoms. The Labute approximate surface area is 92.3 Å². The van der Waals surface area contributed by atoms with Gasteiger partial charge in [0.1, 0.15) is 0 Å². The molecular formula is C13H21NO. The van der Waals surface area contributed by atoms with Gasteiger partial charge in [-0.2, -0.15) is 0 Å². The zero-order chi connectivity index (χ0) is 11.1. The van der Waals surface area contributed by atoms with Crippen LogP contribution in [-0.4, -0.2) is 24.3 Å². The molecule has 84 valence electrons. The van der Waals surface area contributed by atoms with Gasteiger partial charge in [-0.05, 0) is 37.4 Å². The van der Waals surface area contributed by atoms with Crippen LogP contribution in [0.15, 0.2) is 24.3 Å². The minimum Gasteiger partial charge on any atom is -0.395 e. The summed E-state index contributed by atoms with van der Waals surface area (Å²) < 4.78 is 0. The SMILES string of the molecule is CCc1ccc(CCNC(C)CO)cc1. The van der Waals surface area contributed by atoms with E-state index in [4.69, 9.17) is 5.11 Å². The topological polar surface area (TPSA) is 32.3 Å². The Kier molecular flexibility index (Phi) is 5.37. The molecule has 0 amide bonds. The third-order valence-corrected chi connectivity index (χ3v) is 2.61. The Morgan fingerprint density at radius 2 is 1.80 bits per heavy atom. The van der Waals surface area contributed by atoms with Crippen LogP contribution in [0.5, 0.6) is 0 Å². The molecule has 0 saturated carbocycles. The first-order valence-corrected chi connectivity index (χ1v) is 5.68. The zero-order valence-corrected chi connectivity index (χ0v) is 9.66. The highest BCUT2D eigenvalue weighted by molar-refractivity contribution is 5.22. The second kappa shape index (κ2) is 6.59. The van der Waals surface area contributed by atoms with Crippen LogP contribution in [0.4, 0.5) is 0 Å². The fourth-order valence-electron chi connectivity index (χ4n) is 1.47. The van der Waals surface area contributed by atoms with Crippen molar-refractivity contribution in [2.75, 3.05) is 13.2 Å². The highest BCUT2D eigenvalue weighted by Gasteiger charge is 1.98. The first-order valence-electron chi connectivity index (χ1n) is 5.68. The normalized spacial score (nSPS) is 12.7. The third-order valence-electron chi connectivity index (χ3n) is 2.61. The number of rotatable bonds is 6. The molecule has 0 radical (unpaired) electrons. The fraction of sp³-hybridized carbons (Fsp3) is 0.538. The predicted molar refractivity (Wildman–Crippen MR) is 64.1 cm³/mol. The molecule has 0 heterocycles. The Bertz CT molecular complexity index is 268. The van der Waals surface area contributed by atoms with Gasteiger partial charge in [0, 0.05) is 6.04 Å². The summed E-state index contributed by atoms with van der Waals surface area (Å²) in [6.07, 6.45) is 2.12. The largest absolute Gasteiger partial charge is 0.395 e. The Hall–Kier alpha value is -0.860. The fourth-order valence-corrected chi connectivity index (χ4v) is 1.47. The lowest BCUT2D eigenvalue weighted by Gasteiger charge is -2.10. The van der Waals surface area contributed by atoms with Crippen molar-refractivity contribution in [2.24, 2.45) is 0 Å². The molecule has 1 rings (SSSR count). The van der Waals surface area contributed by atoms with Crippen LogP contribution in [0.25, 0.3) is 0 Å². The smallest absolute Gasteiger partial charge is 0.0581 e. The monoisotopic (exact) mass is 207 g/mol. The first-order chi connectivity index (χ1) is 7.26. The van der Waals surface area contributed by atoms with Crippen molar-refractivity contribution in [1.29, 1.82) is 0 Å². The van der Waals surface area contributed by atoms with Crippen LogP contribution in [0, 0.1) is 0 Å². The van der Waals surface area contributed by atoms with Gasteiger partial charge in [-0.1, -0.05) is 31.2 Å². The third kappa shape index (κ3) is 4.45. The summed E-state index contributed by atoms with van der Waals surface area (Å²) in [4.78, 5) is 0. The van der Waals surface area contributed by atoms with Crippen LogP contribution >= 0.6 is 0 Å². The number of aliphatic hydroxyl groups is 1. The zero-order valence-electron chi connectivity index (χ0n) is 9.66. The number of hydrogen-bond donors (Lipinski definition) is 2. The molecule has 1 unspecified atom stereocenters. The van der Waals surface area contributed by atoms with E-state index in [1.807, 2.05) is 6.92 Å². The molecule has 2 nitrogen and oxygen atoms in total. The number of hydrogen-bond acceptors (Lipinski definition) is 2. The van der Waals surface area contributed by atoms with E-state index >= 15 is 0 Å². The van der Waals surface area contributed by atoms with Crippen molar-refractivity contribution in [3.8, 4) is 0 Å².